The van der Waals surface area contributed by atoms with Crippen molar-refractivity contribution >= 4 is 29.2 Å². The number of hydrogen-bond acceptors (Lipinski definition) is 4. The molecule has 1 heterocycles. The summed E-state index contributed by atoms with van der Waals surface area (Å²) in [7, 11) is 1.55. The highest BCUT2D eigenvalue weighted by Crippen LogP contribution is 2.31. The van der Waals surface area contributed by atoms with Gasteiger partial charge in [-0.3, -0.25) is 9.69 Å². The van der Waals surface area contributed by atoms with Gasteiger partial charge < -0.3 is 20.7 Å². The quantitative estimate of drug-likeness (QED) is 0.635. The molecule has 2 fully saturated rings. The number of aryl methyl sites for hydroxylation is 1. The average molecular weight is 437 g/mol. The van der Waals surface area contributed by atoms with Crippen LogP contribution in [-0.4, -0.2) is 55.7 Å². The van der Waals surface area contributed by atoms with Crippen molar-refractivity contribution in [3.63, 3.8) is 0 Å². The predicted molar refractivity (Wildman–Crippen MR) is 119 cm³/mol. The Kier molecular flexibility index (Phi) is 8.22. The Labute approximate surface area is 183 Å². The number of anilines is 1. The molecule has 1 aromatic rings. The van der Waals surface area contributed by atoms with Crippen molar-refractivity contribution in [2.24, 2.45) is 0 Å². The van der Waals surface area contributed by atoms with Crippen LogP contribution in [0.5, 0.6) is 5.75 Å². The number of methoxy groups -OCH3 is 1. The van der Waals surface area contributed by atoms with E-state index in [4.69, 9.17) is 16.3 Å². The van der Waals surface area contributed by atoms with Crippen molar-refractivity contribution in [1.29, 1.82) is 0 Å². The number of halogens is 1. The minimum absolute atomic E-state index is 0.0525. The summed E-state index contributed by atoms with van der Waals surface area (Å²) >= 11 is 6.13. The Hall–Kier alpha value is -1.99. The van der Waals surface area contributed by atoms with Crippen LogP contribution in [0.3, 0.4) is 0 Å². The molecule has 1 saturated heterocycles. The van der Waals surface area contributed by atoms with Gasteiger partial charge >= 0.3 is 6.03 Å². The van der Waals surface area contributed by atoms with Gasteiger partial charge in [-0.15, -0.1) is 0 Å². The van der Waals surface area contributed by atoms with Crippen LogP contribution < -0.4 is 20.7 Å². The molecule has 0 aromatic heterocycles. The van der Waals surface area contributed by atoms with E-state index in [1.54, 1.807) is 13.2 Å². The van der Waals surface area contributed by atoms with Gasteiger partial charge in [-0.25, -0.2) is 4.79 Å². The summed E-state index contributed by atoms with van der Waals surface area (Å²) in [5.74, 6) is 0.460. The average Bonchev–Trinajstić information content (AvgIpc) is 2.72. The molecule has 0 bridgehead atoms. The first-order valence-corrected chi connectivity index (χ1v) is 11.3. The van der Waals surface area contributed by atoms with Crippen molar-refractivity contribution < 1.29 is 14.3 Å². The summed E-state index contributed by atoms with van der Waals surface area (Å²) in [6, 6.07) is 3.95. The molecule has 2 aliphatic rings. The van der Waals surface area contributed by atoms with Gasteiger partial charge in [-0.1, -0.05) is 30.9 Å². The fraction of sp³-hybridized carbons (Fsp3) is 0.636. The SMILES string of the molecule is COc1cc(Cl)c(C)cc1NC(=O)CN1CCC(NC(=O)NC2CCCCC2)CC1. The highest BCUT2D eigenvalue weighted by Gasteiger charge is 2.24. The highest BCUT2D eigenvalue weighted by molar-refractivity contribution is 6.31. The van der Waals surface area contributed by atoms with Crippen molar-refractivity contribution in [3.05, 3.63) is 22.7 Å². The van der Waals surface area contributed by atoms with Gasteiger partial charge in [0.25, 0.3) is 0 Å². The lowest BCUT2D eigenvalue weighted by Crippen LogP contribution is -2.51. The maximum atomic E-state index is 12.5. The number of nitrogens with zero attached hydrogens (tertiary/aromatic N) is 1. The summed E-state index contributed by atoms with van der Waals surface area (Å²) < 4.78 is 5.32. The fourth-order valence-corrected chi connectivity index (χ4v) is 4.37. The third-order valence-corrected chi connectivity index (χ3v) is 6.39. The Balaban J connectivity index is 1.40. The zero-order valence-electron chi connectivity index (χ0n) is 17.9. The number of amides is 3. The first kappa shape index (κ1) is 22.7. The van der Waals surface area contributed by atoms with E-state index in [-0.39, 0.29) is 18.0 Å². The van der Waals surface area contributed by atoms with E-state index in [0.29, 0.717) is 29.0 Å². The smallest absolute Gasteiger partial charge is 0.315 e. The second-order valence-electron chi connectivity index (χ2n) is 8.35. The number of carbonyl (C=O) groups is 2. The van der Waals surface area contributed by atoms with E-state index in [1.807, 2.05) is 13.0 Å². The minimum atomic E-state index is -0.0866. The minimum Gasteiger partial charge on any atom is -0.495 e. The molecule has 166 valence electrons. The van der Waals surface area contributed by atoms with Gasteiger partial charge in [-0.05, 0) is 44.2 Å². The number of ether oxygens (including phenoxy) is 1. The molecule has 1 aliphatic carbocycles. The topological polar surface area (TPSA) is 82.7 Å². The number of carbonyl (C=O) groups excluding carboxylic acids is 2. The van der Waals surface area contributed by atoms with Gasteiger partial charge in [0.15, 0.2) is 0 Å². The van der Waals surface area contributed by atoms with E-state index in [9.17, 15) is 9.59 Å². The third kappa shape index (κ3) is 6.51. The lowest BCUT2D eigenvalue weighted by atomic mass is 9.96. The van der Waals surface area contributed by atoms with Crippen molar-refractivity contribution in [1.82, 2.24) is 15.5 Å². The zero-order chi connectivity index (χ0) is 21.5. The zero-order valence-corrected chi connectivity index (χ0v) is 18.7. The van der Waals surface area contributed by atoms with Crippen molar-refractivity contribution in [2.45, 2.75) is 64.0 Å². The van der Waals surface area contributed by atoms with Gasteiger partial charge in [0.05, 0.1) is 19.3 Å². The molecule has 0 unspecified atom stereocenters. The van der Waals surface area contributed by atoms with E-state index in [2.05, 4.69) is 20.9 Å². The normalized spacial score (nSPS) is 18.6. The molecule has 30 heavy (non-hydrogen) atoms. The summed E-state index contributed by atoms with van der Waals surface area (Å²) in [5, 5.41) is 9.73. The standard InChI is InChI=1S/C22H33ClN4O3/c1-15-12-19(20(30-2)13-18(15)23)26-21(28)14-27-10-8-17(9-11-27)25-22(29)24-16-6-4-3-5-7-16/h12-13,16-17H,3-11,14H2,1-2H3,(H,26,28)(H2,24,25,29). The number of urea groups is 1. The van der Waals surface area contributed by atoms with Crippen LogP contribution in [0.2, 0.25) is 5.02 Å². The second-order valence-corrected chi connectivity index (χ2v) is 8.76. The lowest BCUT2D eigenvalue weighted by Gasteiger charge is -2.32. The highest BCUT2D eigenvalue weighted by atomic mass is 35.5. The van der Waals surface area contributed by atoms with Crippen molar-refractivity contribution in [2.75, 3.05) is 32.1 Å². The maximum Gasteiger partial charge on any atom is 0.315 e. The number of benzene rings is 1. The van der Waals surface area contributed by atoms with Crippen LogP contribution in [0.25, 0.3) is 0 Å². The molecule has 0 spiro atoms. The Bertz CT molecular complexity index is 744. The van der Waals surface area contributed by atoms with Gasteiger partial charge in [0.2, 0.25) is 5.91 Å². The summed E-state index contributed by atoms with van der Waals surface area (Å²) in [4.78, 5) is 26.9. The Morgan fingerprint density at radius 2 is 1.70 bits per heavy atom. The van der Waals surface area contributed by atoms with E-state index >= 15 is 0 Å². The largest absolute Gasteiger partial charge is 0.495 e. The van der Waals surface area contributed by atoms with Crippen LogP contribution >= 0.6 is 11.6 Å². The summed E-state index contributed by atoms with van der Waals surface area (Å²) in [6.07, 6.45) is 7.53. The Morgan fingerprint density at radius 3 is 2.33 bits per heavy atom. The molecule has 1 aromatic carbocycles. The van der Waals surface area contributed by atoms with Crippen LogP contribution in [-0.2, 0) is 4.79 Å². The monoisotopic (exact) mass is 436 g/mol. The first-order chi connectivity index (χ1) is 14.4. The van der Waals surface area contributed by atoms with E-state index < -0.39 is 0 Å². The second kappa shape index (κ2) is 10.9. The molecular formula is C22H33ClN4O3. The lowest BCUT2D eigenvalue weighted by molar-refractivity contribution is -0.117. The Morgan fingerprint density at radius 1 is 1.07 bits per heavy atom. The van der Waals surface area contributed by atoms with Crippen LogP contribution in [0.4, 0.5) is 10.5 Å². The van der Waals surface area contributed by atoms with Crippen LogP contribution in [0, 0.1) is 6.92 Å². The summed E-state index contributed by atoms with van der Waals surface area (Å²) in [6.45, 7) is 3.75. The molecule has 7 nitrogen and oxygen atoms in total. The molecule has 3 amide bonds. The molecule has 3 rings (SSSR count). The van der Waals surface area contributed by atoms with Crippen molar-refractivity contribution in [3.8, 4) is 5.75 Å². The third-order valence-electron chi connectivity index (χ3n) is 5.99. The number of nitrogens with one attached hydrogen (secondary N) is 3. The number of hydrogen-bond donors (Lipinski definition) is 3. The number of piperidine rings is 1. The van der Waals surface area contributed by atoms with Gasteiger partial charge in [0, 0.05) is 36.3 Å². The predicted octanol–water partition coefficient (Wildman–Crippen LogP) is 3.69. The van der Waals surface area contributed by atoms with Gasteiger partial charge in [-0.2, -0.15) is 0 Å². The van der Waals surface area contributed by atoms with Crippen LogP contribution in [0.1, 0.15) is 50.5 Å². The van der Waals surface area contributed by atoms with E-state index in [1.165, 1.54) is 19.3 Å². The molecule has 0 atom stereocenters. The maximum absolute atomic E-state index is 12.5. The summed E-state index contributed by atoms with van der Waals surface area (Å²) in [5.41, 5.74) is 1.51. The molecule has 1 aliphatic heterocycles. The van der Waals surface area contributed by atoms with E-state index in [0.717, 1.165) is 44.3 Å². The molecular weight excluding hydrogens is 404 g/mol. The first-order valence-electron chi connectivity index (χ1n) is 10.9. The molecule has 1 saturated carbocycles. The molecule has 3 N–H and O–H groups in total. The number of rotatable bonds is 6. The fourth-order valence-electron chi connectivity index (χ4n) is 4.22. The molecule has 0 radical (unpaired) electrons. The van der Waals surface area contributed by atoms with Gasteiger partial charge in [0.1, 0.15) is 5.75 Å². The van der Waals surface area contributed by atoms with Crippen LogP contribution in [0.15, 0.2) is 12.1 Å². The molecule has 8 heteroatoms. The number of likely N-dealkylation sites (tertiary alicyclic amines) is 1.